The van der Waals surface area contributed by atoms with Gasteiger partial charge in [0, 0.05) is 32.1 Å². The van der Waals surface area contributed by atoms with Gasteiger partial charge in [0.15, 0.2) is 0 Å². The Kier molecular flexibility index (Phi) is 6.65. The predicted molar refractivity (Wildman–Crippen MR) is 96.7 cm³/mol. The molecule has 8 heteroatoms. The van der Waals surface area contributed by atoms with E-state index in [0.29, 0.717) is 32.1 Å². The Balaban J connectivity index is 0.00000225. The molecule has 5 nitrogen and oxygen atoms in total. The molecule has 0 aromatic heterocycles. The number of piperazine rings is 1. The van der Waals surface area contributed by atoms with Crippen LogP contribution in [0, 0.1) is 17.7 Å². The molecule has 2 aliphatic heterocycles. The highest BCUT2D eigenvalue weighted by Crippen LogP contribution is 2.23. The standard InChI is InChI=1S/C17H21ClFN3O2.ClH/c1-11(12-9-20-10-12)16(23)21-5-7-22(8-6-21)17(24)15-13(18)3-2-4-14(15)19;/h2-4,11-12,20H,5-10H2,1H3;1H. The zero-order valence-electron chi connectivity index (χ0n) is 14.0. The fourth-order valence-electron chi connectivity index (χ4n) is 3.14. The monoisotopic (exact) mass is 389 g/mol. The van der Waals surface area contributed by atoms with Crippen LogP contribution in [0.15, 0.2) is 18.2 Å². The summed E-state index contributed by atoms with van der Waals surface area (Å²) in [5.41, 5.74) is -0.0900. The average molecular weight is 390 g/mol. The van der Waals surface area contributed by atoms with Crippen molar-refractivity contribution in [1.29, 1.82) is 0 Å². The number of halogens is 3. The largest absolute Gasteiger partial charge is 0.339 e. The summed E-state index contributed by atoms with van der Waals surface area (Å²) in [5, 5.41) is 3.29. The molecule has 1 aromatic rings. The van der Waals surface area contributed by atoms with Crippen LogP contribution in [0.25, 0.3) is 0 Å². The van der Waals surface area contributed by atoms with E-state index >= 15 is 0 Å². The predicted octanol–water partition coefficient (Wildman–Crippen LogP) is 2.04. The van der Waals surface area contributed by atoms with Crippen LogP contribution in [-0.4, -0.2) is 60.9 Å². The van der Waals surface area contributed by atoms with E-state index in [1.807, 2.05) is 6.92 Å². The third-order valence-corrected chi connectivity index (χ3v) is 5.28. The maximum atomic E-state index is 13.9. The van der Waals surface area contributed by atoms with Crippen molar-refractivity contribution in [2.75, 3.05) is 39.3 Å². The minimum absolute atomic E-state index is 0. The fourth-order valence-corrected chi connectivity index (χ4v) is 3.39. The molecule has 0 aliphatic carbocycles. The highest BCUT2D eigenvalue weighted by atomic mass is 35.5. The first kappa shape index (κ1) is 19.9. The molecule has 3 rings (SSSR count). The van der Waals surface area contributed by atoms with E-state index in [0.717, 1.165) is 13.1 Å². The van der Waals surface area contributed by atoms with Gasteiger partial charge < -0.3 is 15.1 Å². The van der Waals surface area contributed by atoms with Gasteiger partial charge in [0.1, 0.15) is 5.82 Å². The summed E-state index contributed by atoms with van der Waals surface area (Å²) >= 11 is 5.96. The molecule has 0 radical (unpaired) electrons. The Hall–Kier alpha value is -1.37. The highest BCUT2D eigenvalue weighted by Gasteiger charge is 2.34. The minimum Gasteiger partial charge on any atom is -0.339 e. The van der Waals surface area contributed by atoms with E-state index in [1.165, 1.54) is 18.2 Å². The number of hydrogen-bond acceptors (Lipinski definition) is 3. The van der Waals surface area contributed by atoms with Gasteiger partial charge in [-0.3, -0.25) is 9.59 Å². The number of amides is 2. The molecule has 1 aromatic carbocycles. The summed E-state index contributed by atoms with van der Waals surface area (Å²) in [6, 6.07) is 4.21. The van der Waals surface area contributed by atoms with Gasteiger partial charge in [-0.15, -0.1) is 12.4 Å². The van der Waals surface area contributed by atoms with Gasteiger partial charge in [0.05, 0.1) is 10.6 Å². The zero-order valence-corrected chi connectivity index (χ0v) is 15.6. The summed E-state index contributed by atoms with van der Waals surface area (Å²) in [6.07, 6.45) is 0. The second-order valence-corrected chi connectivity index (χ2v) is 6.83. The van der Waals surface area contributed by atoms with Crippen LogP contribution in [0.5, 0.6) is 0 Å². The van der Waals surface area contributed by atoms with E-state index < -0.39 is 11.7 Å². The first-order valence-electron chi connectivity index (χ1n) is 8.22. The third-order valence-electron chi connectivity index (χ3n) is 4.96. The SMILES string of the molecule is CC(C(=O)N1CCN(C(=O)c2c(F)cccc2Cl)CC1)C1CNC1.Cl. The van der Waals surface area contributed by atoms with Crippen molar-refractivity contribution in [3.8, 4) is 0 Å². The minimum atomic E-state index is -0.614. The molecule has 2 saturated heterocycles. The van der Waals surface area contributed by atoms with Crippen molar-refractivity contribution in [3.05, 3.63) is 34.6 Å². The van der Waals surface area contributed by atoms with Crippen LogP contribution in [0.1, 0.15) is 17.3 Å². The van der Waals surface area contributed by atoms with Gasteiger partial charge in [0.2, 0.25) is 5.91 Å². The van der Waals surface area contributed by atoms with Gasteiger partial charge >= 0.3 is 0 Å². The topological polar surface area (TPSA) is 52.7 Å². The van der Waals surface area contributed by atoms with Crippen molar-refractivity contribution in [2.24, 2.45) is 11.8 Å². The average Bonchev–Trinajstić information content (AvgIpc) is 2.52. The number of nitrogens with zero attached hydrogens (tertiary/aromatic N) is 2. The van der Waals surface area contributed by atoms with Crippen LogP contribution in [-0.2, 0) is 4.79 Å². The van der Waals surface area contributed by atoms with Gasteiger partial charge in [-0.05, 0) is 31.1 Å². The molecule has 0 spiro atoms. The Labute approximate surface area is 157 Å². The first-order chi connectivity index (χ1) is 11.5. The van der Waals surface area contributed by atoms with Crippen LogP contribution in [0.2, 0.25) is 5.02 Å². The van der Waals surface area contributed by atoms with Crippen molar-refractivity contribution >= 4 is 35.8 Å². The smallest absolute Gasteiger partial charge is 0.258 e. The maximum absolute atomic E-state index is 13.9. The lowest BCUT2D eigenvalue weighted by Crippen LogP contribution is -2.55. The second kappa shape index (κ2) is 8.34. The van der Waals surface area contributed by atoms with Crippen LogP contribution >= 0.6 is 24.0 Å². The number of carbonyl (C=O) groups is 2. The van der Waals surface area contributed by atoms with Crippen LogP contribution < -0.4 is 5.32 Å². The molecule has 1 unspecified atom stereocenters. The molecule has 2 aliphatic rings. The summed E-state index contributed by atoms with van der Waals surface area (Å²) in [5.74, 6) is -0.500. The number of carbonyl (C=O) groups excluding carboxylic acids is 2. The number of hydrogen-bond donors (Lipinski definition) is 1. The van der Waals surface area contributed by atoms with Crippen LogP contribution in [0.3, 0.4) is 0 Å². The van der Waals surface area contributed by atoms with Crippen LogP contribution in [0.4, 0.5) is 4.39 Å². The maximum Gasteiger partial charge on any atom is 0.258 e. The molecule has 2 fully saturated rings. The molecule has 2 heterocycles. The number of nitrogens with one attached hydrogen (secondary N) is 1. The summed E-state index contributed by atoms with van der Waals surface area (Å²) in [7, 11) is 0. The summed E-state index contributed by atoms with van der Waals surface area (Å²) < 4.78 is 13.9. The molecule has 138 valence electrons. The summed E-state index contributed by atoms with van der Waals surface area (Å²) in [6.45, 7) is 5.47. The Morgan fingerprint density at radius 1 is 1.20 bits per heavy atom. The number of rotatable bonds is 3. The number of benzene rings is 1. The van der Waals surface area contributed by atoms with Gasteiger partial charge in [-0.2, -0.15) is 0 Å². The first-order valence-corrected chi connectivity index (χ1v) is 8.59. The van der Waals surface area contributed by atoms with Gasteiger partial charge in [0.25, 0.3) is 5.91 Å². The third kappa shape index (κ3) is 4.07. The molecule has 1 atom stereocenters. The van der Waals surface area contributed by atoms with E-state index in [2.05, 4.69) is 5.32 Å². The molecule has 0 saturated carbocycles. The normalized spacial score (nSPS) is 19.0. The molecule has 2 amide bonds. The van der Waals surface area contributed by atoms with E-state index in [9.17, 15) is 14.0 Å². The molecule has 25 heavy (non-hydrogen) atoms. The molecular formula is C17H22Cl2FN3O2. The second-order valence-electron chi connectivity index (χ2n) is 6.42. The molecular weight excluding hydrogens is 368 g/mol. The van der Waals surface area contributed by atoms with Crippen molar-refractivity contribution < 1.29 is 14.0 Å². The van der Waals surface area contributed by atoms with Gasteiger partial charge in [-0.25, -0.2) is 4.39 Å². The van der Waals surface area contributed by atoms with Crippen molar-refractivity contribution in [3.63, 3.8) is 0 Å². The van der Waals surface area contributed by atoms with E-state index in [4.69, 9.17) is 11.6 Å². The molecule has 1 N–H and O–H groups in total. The van der Waals surface area contributed by atoms with Crippen molar-refractivity contribution in [2.45, 2.75) is 6.92 Å². The molecule has 0 bridgehead atoms. The Bertz CT molecular complexity index is 627. The lowest BCUT2D eigenvalue weighted by molar-refractivity contribution is -0.138. The Morgan fingerprint density at radius 2 is 1.80 bits per heavy atom. The van der Waals surface area contributed by atoms with E-state index in [1.54, 1.807) is 9.80 Å². The highest BCUT2D eigenvalue weighted by molar-refractivity contribution is 6.33. The van der Waals surface area contributed by atoms with E-state index in [-0.39, 0.29) is 34.8 Å². The fraction of sp³-hybridized carbons (Fsp3) is 0.529. The quantitative estimate of drug-likeness (QED) is 0.860. The van der Waals surface area contributed by atoms with Gasteiger partial charge in [-0.1, -0.05) is 24.6 Å². The lowest BCUT2D eigenvalue weighted by atomic mass is 9.88. The Morgan fingerprint density at radius 3 is 2.32 bits per heavy atom. The zero-order chi connectivity index (χ0) is 17.3. The van der Waals surface area contributed by atoms with Crippen molar-refractivity contribution in [1.82, 2.24) is 15.1 Å². The lowest BCUT2D eigenvalue weighted by Gasteiger charge is -2.39. The summed E-state index contributed by atoms with van der Waals surface area (Å²) in [4.78, 5) is 28.4.